The number of nitro groups is 1. The number of nitrogens with zero attached hydrogens (tertiary/aromatic N) is 7. The average molecular weight is 381 g/mol. The maximum Gasteiger partial charge on any atom is 0.338 e. The Hall–Kier alpha value is -3.44. The van der Waals surface area contributed by atoms with Crippen molar-refractivity contribution in [2.75, 3.05) is 6.54 Å². The molecule has 14 heteroatoms. The molecule has 4 unspecified atom stereocenters. The lowest BCUT2D eigenvalue weighted by atomic mass is 9.98. The number of halogens is 1. The molecule has 2 rings (SSSR count). The number of nitro benzene ring substituents is 1. The summed E-state index contributed by atoms with van der Waals surface area (Å²) in [6.45, 7) is -0.463. The summed E-state index contributed by atoms with van der Waals surface area (Å²) in [5.41, 5.74) is 16.5. The fourth-order valence-corrected chi connectivity index (χ4v) is 2.39. The Morgan fingerprint density at radius 1 is 1.37 bits per heavy atom. The zero-order chi connectivity index (χ0) is 20.0. The first kappa shape index (κ1) is 19.9. The van der Waals surface area contributed by atoms with Gasteiger partial charge in [-0.25, -0.2) is 9.18 Å². The summed E-state index contributed by atoms with van der Waals surface area (Å²) >= 11 is 0. The van der Waals surface area contributed by atoms with E-state index < -0.39 is 48.1 Å². The summed E-state index contributed by atoms with van der Waals surface area (Å²) in [6.07, 6.45) is -6.97. The van der Waals surface area contributed by atoms with Crippen LogP contribution in [0.25, 0.3) is 20.9 Å². The van der Waals surface area contributed by atoms with Crippen molar-refractivity contribution in [2.24, 2.45) is 10.2 Å². The van der Waals surface area contributed by atoms with Gasteiger partial charge in [-0.2, -0.15) is 0 Å². The molecule has 1 aromatic rings. The minimum Gasteiger partial charge on any atom is -0.453 e. The lowest BCUT2D eigenvalue weighted by molar-refractivity contribution is -0.384. The Balaban J connectivity index is 2.23. The van der Waals surface area contributed by atoms with E-state index in [-0.39, 0.29) is 11.3 Å². The van der Waals surface area contributed by atoms with Crippen molar-refractivity contribution in [3.63, 3.8) is 0 Å². The van der Waals surface area contributed by atoms with Gasteiger partial charge in [0.1, 0.15) is 12.1 Å². The molecule has 0 amide bonds. The molecule has 1 aromatic carbocycles. The molecule has 142 valence electrons. The number of azide groups is 2. The van der Waals surface area contributed by atoms with Gasteiger partial charge in [0, 0.05) is 22.0 Å². The minimum atomic E-state index is -2.15. The quantitative estimate of drug-likeness (QED) is 0.195. The molecule has 0 bridgehead atoms. The molecule has 1 aliphatic heterocycles. The van der Waals surface area contributed by atoms with Crippen LogP contribution in [0.3, 0.4) is 0 Å². The molecule has 1 fully saturated rings. The summed E-state index contributed by atoms with van der Waals surface area (Å²) in [6, 6.07) is 2.65. The van der Waals surface area contributed by atoms with Crippen molar-refractivity contribution in [2.45, 2.75) is 30.7 Å². The summed E-state index contributed by atoms with van der Waals surface area (Å²) in [4.78, 5) is 27.1. The van der Waals surface area contributed by atoms with Crippen molar-refractivity contribution >= 4 is 11.7 Å². The van der Waals surface area contributed by atoms with Crippen LogP contribution in [0.4, 0.5) is 10.1 Å². The Labute approximate surface area is 149 Å². The molecule has 0 aromatic heterocycles. The topological polar surface area (TPSA) is 196 Å². The SMILES string of the molecule is [N-]=[N+]=NC[C@@H]1OC(O)C(N=[N+]=[N-])C(F)C1OC(=O)c1ccc([N+](=O)[O-])cc1. The van der Waals surface area contributed by atoms with Crippen LogP contribution in [-0.4, -0.2) is 53.3 Å². The van der Waals surface area contributed by atoms with E-state index in [9.17, 15) is 24.4 Å². The number of alkyl halides is 1. The molecule has 1 aliphatic rings. The lowest BCUT2D eigenvalue weighted by Gasteiger charge is -2.39. The number of carbonyl (C=O) groups excluding carboxylic acids is 1. The molecular formula is C13H12FN7O6. The summed E-state index contributed by atoms with van der Waals surface area (Å²) in [7, 11) is 0. The van der Waals surface area contributed by atoms with Crippen molar-refractivity contribution in [3.05, 3.63) is 60.8 Å². The van der Waals surface area contributed by atoms with Crippen molar-refractivity contribution in [1.82, 2.24) is 0 Å². The smallest absolute Gasteiger partial charge is 0.338 e. The van der Waals surface area contributed by atoms with Crippen LogP contribution < -0.4 is 0 Å². The number of ether oxygens (including phenoxy) is 2. The number of aliphatic hydroxyl groups excluding tert-OH is 1. The van der Waals surface area contributed by atoms with Crippen LogP contribution >= 0.6 is 0 Å². The third-order valence-corrected chi connectivity index (χ3v) is 3.68. The van der Waals surface area contributed by atoms with E-state index in [1.54, 1.807) is 0 Å². The zero-order valence-electron chi connectivity index (χ0n) is 13.4. The van der Waals surface area contributed by atoms with E-state index in [0.717, 1.165) is 24.3 Å². The fraction of sp³-hybridized carbons (Fsp3) is 0.462. The average Bonchev–Trinajstić information content (AvgIpc) is 2.65. The van der Waals surface area contributed by atoms with E-state index in [4.69, 9.17) is 20.5 Å². The van der Waals surface area contributed by atoms with Crippen LogP contribution in [0.1, 0.15) is 10.4 Å². The summed E-state index contributed by atoms with van der Waals surface area (Å²) in [5, 5.41) is 26.6. The Kier molecular flexibility index (Phi) is 6.46. The van der Waals surface area contributed by atoms with E-state index in [1.807, 2.05) is 0 Å². The van der Waals surface area contributed by atoms with Gasteiger partial charge in [-0.1, -0.05) is 10.2 Å². The highest BCUT2D eigenvalue weighted by atomic mass is 19.1. The van der Waals surface area contributed by atoms with Crippen molar-refractivity contribution in [1.29, 1.82) is 0 Å². The predicted octanol–water partition coefficient (Wildman–Crippen LogP) is 2.16. The van der Waals surface area contributed by atoms with E-state index in [2.05, 4.69) is 20.1 Å². The molecule has 1 heterocycles. The van der Waals surface area contributed by atoms with Crippen LogP contribution in [0, 0.1) is 10.1 Å². The first-order valence-electron chi connectivity index (χ1n) is 7.37. The van der Waals surface area contributed by atoms with Crippen molar-refractivity contribution < 1.29 is 28.7 Å². The highest BCUT2D eigenvalue weighted by Gasteiger charge is 2.47. The fourth-order valence-electron chi connectivity index (χ4n) is 2.39. The number of aliphatic hydroxyl groups is 1. The molecule has 13 nitrogen and oxygen atoms in total. The maximum atomic E-state index is 14.7. The Morgan fingerprint density at radius 2 is 2.04 bits per heavy atom. The molecule has 0 aliphatic carbocycles. The third kappa shape index (κ3) is 4.59. The molecule has 5 atom stereocenters. The number of rotatable bonds is 6. The second kappa shape index (κ2) is 8.78. The van der Waals surface area contributed by atoms with Crippen LogP contribution in [0.5, 0.6) is 0 Å². The minimum absolute atomic E-state index is 0.109. The first-order chi connectivity index (χ1) is 12.9. The van der Waals surface area contributed by atoms with Crippen LogP contribution in [0.2, 0.25) is 0 Å². The molecular weight excluding hydrogens is 369 g/mol. The van der Waals surface area contributed by atoms with Gasteiger partial charge in [-0.05, 0) is 23.2 Å². The molecule has 1 N–H and O–H groups in total. The van der Waals surface area contributed by atoms with Gasteiger partial charge >= 0.3 is 5.97 Å². The van der Waals surface area contributed by atoms with Gasteiger partial charge in [0.25, 0.3) is 5.69 Å². The first-order valence-corrected chi connectivity index (χ1v) is 7.37. The molecule has 0 radical (unpaired) electrons. The normalized spacial score (nSPS) is 27.0. The van der Waals surface area contributed by atoms with Gasteiger partial charge in [-0.15, -0.1) is 0 Å². The second-order valence-electron chi connectivity index (χ2n) is 5.29. The van der Waals surface area contributed by atoms with Crippen LogP contribution in [-0.2, 0) is 9.47 Å². The highest BCUT2D eigenvalue weighted by molar-refractivity contribution is 5.89. The second-order valence-corrected chi connectivity index (χ2v) is 5.29. The summed E-state index contributed by atoms with van der Waals surface area (Å²) in [5.74, 6) is -1.04. The standard InChI is InChI=1S/C13H12FN7O6/c14-9-10(18-20-16)13(23)26-8(5-17-19-15)11(9)27-12(22)6-1-3-7(4-2-6)21(24)25/h1-4,8-11,13,23H,5H2/t8-,9?,10?,11?,13?/m0/s1. The third-order valence-electron chi connectivity index (χ3n) is 3.68. The molecule has 1 saturated heterocycles. The number of esters is 1. The van der Waals surface area contributed by atoms with Gasteiger partial charge in [0.2, 0.25) is 0 Å². The van der Waals surface area contributed by atoms with Gasteiger partial charge in [-0.3, -0.25) is 10.1 Å². The number of benzene rings is 1. The Morgan fingerprint density at radius 3 is 2.59 bits per heavy atom. The molecule has 0 saturated carbocycles. The lowest BCUT2D eigenvalue weighted by Crippen LogP contribution is -2.57. The number of carbonyl (C=O) groups is 1. The van der Waals surface area contributed by atoms with Gasteiger partial charge in [0.05, 0.1) is 17.0 Å². The summed E-state index contributed by atoms with van der Waals surface area (Å²) < 4.78 is 24.7. The highest BCUT2D eigenvalue weighted by Crippen LogP contribution is 2.28. The van der Waals surface area contributed by atoms with Crippen LogP contribution in [0.15, 0.2) is 34.5 Å². The van der Waals surface area contributed by atoms with E-state index in [0.29, 0.717) is 0 Å². The number of hydrogen-bond donors (Lipinski definition) is 1. The maximum absolute atomic E-state index is 14.7. The van der Waals surface area contributed by atoms with Gasteiger partial charge in [0.15, 0.2) is 18.6 Å². The van der Waals surface area contributed by atoms with Gasteiger partial charge < -0.3 is 14.6 Å². The zero-order valence-corrected chi connectivity index (χ0v) is 13.4. The van der Waals surface area contributed by atoms with E-state index >= 15 is 0 Å². The largest absolute Gasteiger partial charge is 0.453 e. The predicted molar refractivity (Wildman–Crippen MR) is 85.0 cm³/mol. The molecule has 27 heavy (non-hydrogen) atoms. The molecule has 0 spiro atoms. The monoisotopic (exact) mass is 381 g/mol. The number of hydrogen-bond acceptors (Lipinski definition) is 8. The number of non-ortho nitro benzene ring substituents is 1. The van der Waals surface area contributed by atoms with E-state index in [1.165, 1.54) is 0 Å². The Bertz CT molecular complexity index is 806. The van der Waals surface area contributed by atoms with Crippen molar-refractivity contribution in [3.8, 4) is 0 Å².